The zero-order valence-corrected chi connectivity index (χ0v) is 11.1. The number of amides is 1. The lowest BCUT2D eigenvalue weighted by atomic mass is 10.1. The van der Waals surface area contributed by atoms with Gasteiger partial charge in [-0.15, -0.1) is 0 Å². The molecule has 0 aromatic heterocycles. The minimum Gasteiger partial charge on any atom is -0.327 e. The number of anilines is 1. The number of carbonyl (C=O) groups is 1. The zero-order chi connectivity index (χ0) is 11.5. The summed E-state index contributed by atoms with van der Waals surface area (Å²) in [6.07, 6.45) is 2.78. The quantitative estimate of drug-likeness (QED) is 0.833. The highest BCUT2D eigenvalue weighted by atomic mass is 127. The van der Waals surface area contributed by atoms with Gasteiger partial charge in [0.1, 0.15) is 0 Å². The van der Waals surface area contributed by atoms with Crippen LogP contribution in [0.4, 0.5) is 5.69 Å². The fourth-order valence-corrected chi connectivity index (χ4v) is 2.01. The summed E-state index contributed by atoms with van der Waals surface area (Å²) in [6.45, 7) is 0. The molecule has 1 aromatic carbocycles. The van der Waals surface area contributed by atoms with Crippen molar-refractivity contribution in [1.82, 2.24) is 0 Å². The second-order valence-corrected chi connectivity index (χ2v) is 5.51. The van der Waals surface area contributed by atoms with E-state index in [0.717, 1.165) is 9.26 Å². The molecule has 0 bridgehead atoms. The molecule has 16 heavy (non-hydrogen) atoms. The van der Waals surface area contributed by atoms with E-state index < -0.39 is 0 Å². The maximum Gasteiger partial charge on any atom is 0.225 e. The molecule has 1 fully saturated rings. The molecule has 1 aromatic rings. The predicted molar refractivity (Wildman–Crippen MR) is 73.1 cm³/mol. The topological polar surface area (TPSA) is 55.1 Å². The molecule has 3 nitrogen and oxygen atoms in total. The second-order valence-electron chi connectivity index (χ2n) is 4.26. The first-order chi connectivity index (χ1) is 7.65. The van der Waals surface area contributed by atoms with Crippen molar-refractivity contribution in [2.24, 2.45) is 11.7 Å². The number of rotatable bonds is 4. The lowest BCUT2D eigenvalue weighted by molar-refractivity contribution is -0.116. The Hall–Kier alpha value is -0.620. The van der Waals surface area contributed by atoms with Gasteiger partial charge in [-0.3, -0.25) is 4.79 Å². The summed E-state index contributed by atoms with van der Waals surface area (Å²) < 4.78 is 1.16. The molecule has 0 radical (unpaired) electrons. The predicted octanol–water partition coefficient (Wildman–Crippen LogP) is 2.36. The Balaban J connectivity index is 1.84. The Labute approximate surface area is 109 Å². The molecule has 0 aliphatic heterocycles. The average Bonchev–Trinajstić information content (AvgIpc) is 3.04. The van der Waals surface area contributed by atoms with Crippen molar-refractivity contribution >= 4 is 34.2 Å². The molecule has 1 atom stereocenters. The highest BCUT2D eigenvalue weighted by Gasteiger charge is 2.29. The van der Waals surface area contributed by atoms with Gasteiger partial charge >= 0.3 is 0 Å². The van der Waals surface area contributed by atoms with E-state index in [2.05, 4.69) is 27.9 Å². The molecule has 3 N–H and O–H groups in total. The molecule has 0 saturated heterocycles. The van der Waals surface area contributed by atoms with Crippen LogP contribution >= 0.6 is 22.6 Å². The van der Waals surface area contributed by atoms with Gasteiger partial charge < -0.3 is 11.1 Å². The summed E-state index contributed by atoms with van der Waals surface area (Å²) in [4.78, 5) is 11.6. The first-order valence-electron chi connectivity index (χ1n) is 5.46. The van der Waals surface area contributed by atoms with Crippen molar-refractivity contribution in [3.63, 3.8) is 0 Å². The standard InChI is InChI=1S/C12H15IN2O/c13-9-3-5-10(6-4-9)15-12(16)7-11(14)8-1-2-8/h3-6,8,11H,1-2,7,14H2,(H,15,16). The summed E-state index contributed by atoms with van der Waals surface area (Å²) in [7, 11) is 0. The molecule has 0 spiro atoms. The molecule has 1 unspecified atom stereocenters. The highest BCUT2D eigenvalue weighted by molar-refractivity contribution is 14.1. The number of hydrogen-bond acceptors (Lipinski definition) is 2. The van der Waals surface area contributed by atoms with Crippen LogP contribution in [0, 0.1) is 9.49 Å². The molecule has 86 valence electrons. The third-order valence-electron chi connectivity index (χ3n) is 2.78. The number of nitrogens with two attached hydrogens (primary N) is 1. The van der Waals surface area contributed by atoms with E-state index in [4.69, 9.17) is 5.73 Å². The van der Waals surface area contributed by atoms with Gasteiger partial charge in [-0.1, -0.05) is 0 Å². The number of halogens is 1. The lowest BCUT2D eigenvalue weighted by Crippen LogP contribution is -2.28. The van der Waals surface area contributed by atoms with Gasteiger partial charge in [0.2, 0.25) is 5.91 Å². The monoisotopic (exact) mass is 330 g/mol. The normalized spacial score (nSPS) is 16.9. The van der Waals surface area contributed by atoms with E-state index in [0.29, 0.717) is 12.3 Å². The fourth-order valence-electron chi connectivity index (χ4n) is 1.65. The Morgan fingerprint density at radius 2 is 2.06 bits per heavy atom. The Kier molecular flexibility index (Phi) is 3.81. The van der Waals surface area contributed by atoms with Gasteiger partial charge in [-0.05, 0) is 65.6 Å². The van der Waals surface area contributed by atoms with Crippen molar-refractivity contribution in [2.45, 2.75) is 25.3 Å². The molecule has 1 amide bonds. The minimum atomic E-state index is 0.0145. The maximum absolute atomic E-state index is 11.6. The van der Waals surface area contributed by atoms with Crippen LogP contribution in [-0.2, 0) is 4.79 Å². The van der Waals surface area contributed by atoms with E-state index >= 15 is 0 Å². The third-order valence-corrected chi connectivity index (χ3v) is 3.50. The van der Waals surface area contributed by atoms with E-state index in [1.807, 2.05) is 24.3 Å². The van der Waals surface area contributed by atoms with Gasteiger partial charge in [-0.2, -0.15) is 0 Å². The van der Waals surface area contributed by atoms with Crippen LogP contribution in [0.1, 0.15) is 19.3 Å². The van der Waals surface area contributed by atoms with E-state index in [-0.39, 0.29) is 11.9 Å². The summed E-state index contributed by atoms with van der Waals surface area (Å²) in [5.74, 6) is 0.586. The summed E-state index contributed by atoms with van der Waals surface area (Å²) >= 11 is 2.23. The zero-order valence-electron chi connectivity index (χ0n) is 8.95. The SMILES string of the molecule is NC(CC(=O)Nc1ccc(I)cc1)C1CC1. The van der Waals surface area contributed by atoms with E-state index in [1.165, 1.54) is 12.8 Å². The Morgan fingerprint density at radius 3 is 2.62 bits per heavy atom. The lowest BCUT2D eigenvalue weighted by Gasteiger charge is -2.10. The van der Waals surface area contributed by atoms with Crippen LogP contribution in [0.25, 0.3) is 0 Å². The molecular formula is C12H15IN2O. The van der Waals surface area contributed by atoms with Gasteiger partial charge in [0.05, 0.1) is 0 Å². The van der Waals surface area contributed by atoms with Gasteiger partial charge in [0.25, 0.3) is 0 Å². The van der Waals surface area contributed by atoms with Gasteiger partial charge in [-0.25, -0.2) is 0 Å². The average molecular weight is 330 g/mol. The van der Waals surface area contributed by atoms with Crippen molar-refractivity contribution < 1.29 is 4.79 Å². The number of nitrogens with one attached hydrogen (secondary N) is 1. The summed E-state index contributed by atoms with van der Waals surface area (Å²) in [5.41, 5.74) is 6.74. The van der Waals surface area contributed by atoms with Crippen LogP contribution in [0.2, 0.25) is 0 Å². The molecule has 1 aliphatic carbocycles. The second kappa shape index (κ2) is 5.14. The fraction of sp³-hybridized carbons (Fsp3) is 0.417. The Morgan fingerprint density at radius 1 is 1.44 bits per heavy atom. The highest BCUT2D eigenvalue weighted by Crippen LogP contribution is 2.32. The maximum atomic E-state index is 11.6. The van der Waals surface area contributed by atoms with Crippen LogP contribution in [0.5, 0.6) is 0 Å². The number of benzene rings is 1. The first-order valence-corrected chi connectivity index (χ1v) is 6.54. The van der Waals surface area contributed by atoms with Crippen molar-refractivity contribution in [3.8, 4) is 0 Å². The van der Waals surface area contributed by atoms with Crippen LogP contribution in [-0.4, -0.2) is 11.9 Å². The van der Waals surface area contributed by atoms with Gasteiger partial charge in [0, 0.05) is 21.7 Å². The number of carbonyl (C=O) groups excluding carboxylic acids is 1. The van der Waals surface area contributed by atoms with Crippen molar-refractivity contribution in [2.75, 3.05) is 5.32 Å². The third kappa shape index (κ3) is 3.45. The molecule has 1 saturated carbocycles. The molecule has 0 heterocycles. The number of hydrogen-bond donors (Lipinski definition) is 2. The van der Waals surface area contributed by atoms with E-state index in [1.54, 1.807) is 0 Å². The van der Waals surface area contributed by atoms with Crippen LogP contribution in [0.15, 0.2) is 24.3 Å². The smallest absolute Gasteiger partial charge is 0.225 e. The van der Waals surface area contributed by atoms with E-state index in [9.17, 15) is 4.79 Å². The molecule has 4 heteroatoms. The Bertz CT molecular complexity index is 373. The molecular weight excluding hydrogens is 315 g/mol. The van der Waals surface area contributed by atoms with Gasteiger partial charge in [0.15, 0.2) is 0 Å². The summed E-state index contributed by atoms with van der Waals surface area (Å²) in [6, 6.07) is 7.78. The van der Waals surface area contributed by atoms with Crippen LogP contribution in [0.3, 0.4) is 0 Å². The van der Waals surface area contributed by atoms with Crippen molar-refractivity contribution in [1.29, 1.82) is 0 Å². The van der Waals surface area contributed by atoms with Crippen LogP contribution < -0.4 is 11.1 Å². The van der Waals surface area contributed by atoms with Crippen molar-refractivity contribution in [3.05, 3.63) is 27.8 Å². The first kappa shape index (κ1) is 11.9. The molecule has 1 aliphatic rings. The largest absolute Gasteiger partial charge is 0.327 e. The summed E-state index contributed by atoms with van der Waals surface area (Å²) in [5, 5.41) is 2.86. The molecule has 2 rings (SSSR count). The minimum absolute atomic E-state index is 0.0145.